The minimum absolute atomic E-state index is 0.0404. The van der Waals surface area contributed by atoms with E-state index in [0.717, 1.165) is 0 Å². The third kappa shape index (κ3) is 6.37. The molecule has 0 saturated carbocycles. The summed E-state index contributed by atoms with van der Waals surface area (Å²) in [6.07, 6.45) is 0.360. The summed E-state index contributed by atoms with van der Waals surface area (Å²) >= 11 is 0. The molecule has 1 amide bonds. The van der Waals surface area contributed by atoms with Crippen molar-refractivity contribution in [3.8, 4) is 0 Å². The molecule has 3 N–H and O–H groups in total. The molecule has 0 aliphatic rings. The highest BCUT2D eigenvalue weighted by Crippen LogP contribution is 2.13. The largest absolute Gasteiger partial charge is 0.352 e. The Kier molecular flexibility index (Phi) is 7.33. The number of rotatable bonds is 9. The summed E-state index contributed by atoms with van der Waals surface area (Å²) in [5.74, 6) is -0.290. The monoisotopic (exact) mass is 494 g/mol. The predicted octanol–water partition coefficient (Wildman–Crippen LogP) is 2.79. The fourth-order valence-electron chi connectivity index (χ4n) is 3.51. The Bertz CT molecular complexity index is 1540. The molecule has 0 spiro atoms. The van der Waals surface area contributed by atoms with Gasteiger partial charge in [0.25, 0.3) is 5.56 Å². The van der Waals surface area contributed by atoms with Gasteiger partial charge in [-0.15, -0.1) is 0 Å². The summed E-state index contributed by atoms with van der Waals surface area (Å²) in [6.45, 7) is 0.0831. The van der Waals surface area contributed by atoms with Gasteiger partial charge in [-0.25, -0.2) is 22.5 Å². The Morgan fingerprint density at radius 3 is 2.49 bits per heavy atom. The molecule has 1 heterocycles. The quantitative estimate of drug-likeness (QED) is 0.330. The number of sulfonamides is 1. The van der Waals surface area contributed by atoms with Gasteiger partial charge in [-0.2, -0.15) is 0 Å². The molecular formula is C25H23FN4O4S. The molecule has 3 aromatic carbocycles. The zero-order valence-corrected chi connectivity index (χ0v) is 19.4. The Hall–Kier alpha value is -3.89. The lowest BCUT2D eigenvalue weighted by atomic mass is 10.2. The van der Waals surface area contributed by atoms with Crippen LogP contribution in [-0.4, -0.2) is 24.3 Å². The highest BCUT2D eigenvalue weighted by molar-refractivity contribution is 7.89. The van der Waals surface area contributed by atoms with E-state index in [0.29, 0.717) is 27.9 Å². The first-order chi connectivity index (χ1) is 16.8. The number of nitrogens with one attached hydrogen (secondary N) is 3. The van der Waals surface area contributed by atoms with Crippen molar-refractivity contribution >= 4 is 26.8 Å². The predicted molar refractivity (Wildman–Crippen MR) is 129 cm³/mol. The van der Waals surface area contributed by atoms with Gasteiger partial charge in [0.1, 0.15) is 11.6 Å². The van der Waals surface area contributed by atoms with Crippen molar-refractivity contribution in [1.29, 1.82) is 0 Å². The fourth-order valence-corrected chi connectivity index (χ4v) is 4.59. The van der Waals surface area contributed by atoms with E-state index in [1.807, 2.05) is 0 Å². The maximum absolute atomic E-state index is 13.3. The topological polar surface area (TPSA) is 121 Å². The first-order valence-corrected chi connectivity index (χ1v) is 12.4. The summed E-state index contributed by atoms with van der Waals surface area (Å²) in [4.78, 5) is 31.6. The van der Waals surface area contributed by atoms with Crippen LogP contribution in [0.3, 0.4) is 0 Å². The molecule has 4 aromatic rings. The van der Waals surface area contributed by atoms with Gasteiger partial charge in [0.15, 0.2) is 0 Å². The van der Waals surface area contributed by atoms with Crippen LogP contribution in [0, 0.1) is 5.82 Å². The molecule has 10 heteroatoms. The number of carbonyl (C=O) groups is 1. The SMILES string of the molecule is O=C(CCc1nc2ccccc2c(=O)[nH]1)NCc1cccc(S(=O)(=O)NCc2cccc(F)c2)c1. The molecular weight excluding hydrogens is 471 g/mol. The molecule has 180 valence electrons. The van der Waals surface area contributed by atoms with Crippen molar-refractivity contribution in [3.05, 3.63) is 106 Å². The van der Waals surface area contributed by atoms with Crippen LogP contribution in [0.1, 0.15) is 23.4 Å². The Morgan fingerprint density at radius 2 is 1.69 bits per heavy atom. The van der Waals surface area contributed by atoms with Gasteiger partial charge in [-0.3, -0.25) is 9.59 Å². The van der Waals surface area contributed by atoms with E-state index in [4.69, 9.17) is 0 Å². The van der Waals surface area contributed by atoms with Crippen LogP contribution in [0.2, 0.25) is 0 Å². The van der Waals surface area contributed by atoms with Gasteiger partial charge in [0.05, 0.1) is 15.8 Å². The van der Waals surface area contributed by atoms with E-state index in [2.05, 4.69) is 20.0 Å². The Labute approximate surface area is 201 Å². The molecule has 0 aliphatic carbocycles. The number of hydrogen-bond donors (Lipinski definition) is 3. The lowest BCUT2D eigenvalue weighted by molar-refractivity contribution is -0.121. The van der Waals surface area contributed by atoms with E-state index in [1.54, 1.807) is 42.5 Å². The number of aryl methyl sites for hydroxylation is 1. The molecule has 1 aromatic heterocycles. The summed E-state index contributed by atoms with van der Waals surface area (Å²) in [5.41, 5.74) is 1.41. The van der Waals surface area contributed by atoms with Gasteiger partial charge in [0.2, 0.25) is 15.9 Å². The van der Waals surface area contributed by atoms with Crippen molar-refractivity contribution in [3.63, 3.8) is 0 Å². The molecule has 4 rings (SSSR count). The number of benzene rings is 3. The highest BCUT2D eigenvalue weighted by atomic mass is 32.2. The number of aromatic nitrogens is 2. The smallest absolute Gasteiger partial charge is 0.258 e. The van der Waals surface area contributed by atoms with Gasteiger partial charge in [-0.05, 0) is 47.5 Å². The molecule has 0 atom stereocenters. The van der Waals surface area contributed by atoms with Gasteiger partial charge in [-0.1, -0.05) is 36.4 Å². The van der Waals surface area contributed by atoms with Crippen LogP contribution in [0.5, 0.6) is 0 Å². The van der Waals surface area contributed by atoms with E-state index in [9.17, 15) is 22.4 Å². The van der Waals surface area contributed by atoms with Crippen molar-refractivity contribution in [2.45, 2.75) is 30.8 Å². The van der Waals surface area contributed by atoms with Crippen LogP contribution in [-0.2, 0) is 34.3 Å². The van der Waals surface area contributed by atoms with Crippen molar-refractivity contribution in [1.82, 2.24) is 20.0 Å². The van der Waals surface area contributed by atoms with Crippen LogP contribution in [0.15, 0.2) is 82.5 Å². The standard InChI is InChI=1S/C25H23FN4O4S/c26-19-7-3-5-17(13-19)16-28-35(33,34)20-8-4-6-18(14-20)15-27-24(31)12-11-23-29-22-10-2-1-9-21(22)25(32)30-23/h1-10,13-14,28H,11-12,15-16H2,(H,27,31)(H,29,30,32). The lowest BCUT2D eigenvalue weighted by Crippen LogP contribution is -2.25. The molecule has 0 saturated heterocycles. The molecule has 8 nitrogen and oxygen atoms in total. The number of hydrogen-bond acceptors (Lipinski definition) is 5. The number of fused-ring (bicyclic) bond motifs is 1. The van der Waals surface area contributed by atoms with Crippen LogP contribution >= 0.6 is 0 Å². The number of aromatic amines is 1. The average Bonchev–Trinajstić information content (AvgIpc) is 2.85. The first-order valence-electron chi connectivity index (χ1n) is 10.9. The lowest BCUT2D eigenvalue weighted by Gasteiger charge is -2.10. The zero-order chi connectivity index (χ0) is 24.8. The molecule has 0 fully saturated rings. The second kappa shape index (κ2) is 10.6. The van der Waals surface area contributed by atoms with E-state index in [-0.39, 0.29) is 42.3 Å². The van der Waals surface area contributed by atoms with Crippen molar-refractivity contribution < 1.29 is 17.6 Å². The summed E-state index contributed by atoms with van der Waals surface area (Å²) in [5, 5.41) is 3.24. The van der Waals surface area contributed by atoms with Crippen molar-refractivity contribution in [2.75, 3.05) is 0 Å². The number of amides is 1. The number of para-hydroxylation sites is 1. The molecule has 0 unspecified atom stereocenters. The van der Waals surface area contributed by atoms with Gasteiger partial charge < -0.3 is 10.3 Å². The van der Waals surface area contributed by atoms with Gasteiger partial charge >= 0.3 is 0 Å². The number of halogens is 1. The molecule has 0 aliphatic heterocycles. The Balaban J connectivity index is 1.33. The Morgan fingerprint density at radius 1 is 0.943 bits per heavy atom. The number of nitrogens with zero attached hydrogens (tertiary/aromatic N) is 1. The van der Waals surface area contributed by atoms with Gasteiger partial charge in [0, 0.05) is 25.9 Å². The maximum Gasteiger partial charge on any atom is 0.258 e. The average molecular weight is 495 g/mol. The summed E-state index contributed by atoms with van der Waals surface area (Å²) in [7, 11) is -3.83. The van der Waals surface area contributed by atoms with Crippen molar-refractivity contribution in [2.24, 2.45) is 0 Å². The summed E-state index contributed by atoms with van der Waals surface area (Å²) in [6, 6.07) is 18.9. The third-order valence-electron chi connectivity index (χ3n) is 5.30. The minimum Gasteiger partial charge on any atom is -0.352 e. The van der Waals surface area contributed by atoms with E-state index >= 15 is 0 Å². The first kappa shape index (κ1) is 24.2. The number of carbonyl (C=O) groups excluding carboxylic acids is 1. The normalized spacial score (nSPS) is 11.5. The van der Waals surface area contributed by atoms with E-state index in [1.165, 1.54) is 30.3 Å². The number of H-pyrrole nitrogens is 1. The van der Waals surface area contributed by atoms with Crippen LogP contribution < -0.4 is 15.6 Å². The third-order valence-corrected chi connectivity index (χ3v) is 6.70. The van der Waals surface area contributed by atoms with Crippen LogP contribution in [0.25, 0.3) is 10.9 Å². The zero-order valence-electron chi connectivity index (χ0n) is 18.6. The second-order valence-electron chi connectivity index (χ2n) is 7.91. The van der Waals surface area contributed by atoms with E-state index < -0.39 is 15.8 Å². The molecule has 0 bridgehead atoms. The molecule has 35 heavy (non-hydrogen) atoms. The fraction of sp³-hybridized carbons (Fsp3) is 0.160. The maximum atomic E-state index is 13.3. The molecule has 0 radical (unpaired) electrons. The minimum atomic E-state index is -3.83. The summed E-state index contributed by atoms with van der Waals surface area (Å²) < 4.78 is 41.0. The van der Waals surface area contributed by atoms with Crippen LogP contribution in [0.4, 0.5) is 4.39 Å². The second-order valence-corrected chi connectivity index (χ2v) is 9.68. The highest BCUT2D eigenvalue weighted by Gasteiger charge is 2.15.